The van der Waals surface area contributed by atoms with Gasteiger partial charge in [0, 0.05) is 23.7 Å². The Morgan fingerprint density at radius 2 is 1.88 bits per heavy atom. The molecule has 0 fully saturated rings. The number of pyridine rings is 1. The number of hydrogen-bond donors (Lipinski definition) is 1. The van der Waals surface area contributed by atoms with Crippen LogP contribution >= 0.6 is 0 Å². The van der Waals surface area contributed by atoms with Crippen LogP contribution in [0.3, 0.4) is 0 Å². The Bertz CT molecular complexity index is 906. The van der Waals surface area contributed by atoms with E-state index >= 15 is 0 Å². The van der Waals surface area contributed by atoms with Crippen molar-refractivity contribution in [1.29, 1.82) is 5.26 Å². The number of ether oxygens (including phenoxy) is 1. The summed E-state index contributed by atoms with van der Waals surface area (Å²) in [7, 11) is 0. The highest BCUT2D eigenvalue weighted by atomic mass is 19.3. The zero-order valence-electron chi connectivity index (χ0n) is 12.5. The second-order valence-corrected chi connectivity index (χ2v) is 5.02. The lowest BCUT2D eigenvalue weighted by Crippen LogP contribution is -2.08. The maximum absolute atomic E-state index is 12.5. The Morgan fingerprint density at radius 1 is 1.12 bits per heavy atom. The van der Waals surface area contributed by atoms with Crippen LogP contribution in [0.1, 0.15) is 11.1 Å². The fourth-order valence-electron chi connectivity index (χ4n) is 2.46. The zero-order valence-corrected chi connectivity index (χ0v) is 12.5. The molecule has 0 unspecified atom stereocenters. The molecule has 2 aromatic carbocycles. The summed E-state index contributed by atoms with van der Waals surface area (Å²) in [5.74, 6) is 0.108. The minimum atomic E-state index is -2.89. The minimum absolute atomic E-state index is 0.108. The predicted molar refractivity (Wildman–Crippen MR) is 86.9 cm³/mol. The van der Waals surface area contributed by atoms with Gasteiger partial charge in [-0.05, 0) is 12.1 Å². The van der Waals surface area contributed by atoms with E-state index in [2.05, 4.69) is 21.1 Å². The molecule has 3 rings (SSSR count). The molecule has 0 saturated carbocycles. The van der Waals surface area contributed by atoms with Gasteiger partial charge in [-0.25, -0.2) is 0 Å². The molecule has 0 aliphatic rings. The van der Waals surface area contributed by atoms with Crippen LogP contribution in [0, 0.1) is 11.3 Å². The molecule has 4 nitrogen and oxygen atoms in total. The SMILES string of the molecule is N#Cc1cnc2ccccc2c1NCc1ccccc1OC(F)F. The van der Waals surface area contributed by atoms with Crippen molar-refractivity contribution in [3.05, 3.63) is 65.9 Å². The first-order valence-electron chi connectivity index (χ1n) is 7.23. The number of aromatic nitrogens is 1. The Morgan fingerprint density at radius 3 is 2.67 bits per heavy atom. The second kappa shape index (κ2) is 6.92. The van der Waals surface area contributed by atoms with Crippen molar-refractivity contribution < 1.29 is 13.5 Å². The number of nitriles is 1. The van der Waals surface area contributed by atoms with Gasteiger partial charge in [0.1, 0.15) is 11.8 Å². The smallest absolute Gasteiger partial charge is 0.387 e. The third kappa shape index (κ3) is 3.25. The van der Waals surface area contributed by atoms with Crippen molar-refractivity contribution in [2.24, 2.45) is 0 Å². The molecule has 6 heteroatoms. The van der Waals surface area contributed by atoms with Crippen LogP contribution in [-0.2, 0) is 6.54 Å². The van der Waals surface area contributed by atoms with Crippen LogP contribution in [0.4, 0.5) is 14.5 Å². The Labute approximate surface area is 137 Å². The molecule has 120 valence electrons. The largest absolute Gasteiger partial charge is 0.434 e. The van der Waals surface area contributed by atoms with Crippen molar-refractivity contribution in [1.82, 2.24) is 4.98 Å². The number of anilines is 1. The summed E-state index contributed by atoms with van der Waals surface area (Å²) < 4.78 is 29.5. The summed E-state index contributed by atoms with van der Waals surface area (Å²) >= 11 is 0. The molecule has 1 heterocycles. The molecule has 3 aromatic rings. The summed E-state index contributed by atoms with van der Waals surface area (Å²) in [5.41, 5.74) is 2.33. The average molecular weight is 325 g/mol. The number of hydrogen-bond acceptors (Lipinski definition) is 4. The fourth-order valence-corrected chi connectivity index (χ4v) is 2.46. The van der Waals surface area contributed by atoms with Crippen LogP contribution < -0.4 is 10.1 Å². The van der Waals surface area contributed by atoms with Crippen molar-refractivity contribution >= 4 is 16.6 Å². The third-order valence-corrected chi connectivity index (χ3v) is 3.54. The molecular weight excluding hydrogens is 312 g/mol. The molecule has 0 atom stereocenters. The highest BCUT2D eigenvalue weighted by Gasteiger charge is 2.12. The number of halogens is 2. The fraction of sp³-hybridized carbons (Fsp3) is 0.111. The van der Waals surface area contributed by atoms with E-state index in [1.807, 2.05) is 24.3 Å². The molecule has 0 amide bonds. The highest BCUT2D eigenvalue weighted by molar-refractivity contribution is 5.93. The van der Waals surface area contributed by atoms with Crippen molar-refractivity contribution in [3.8, 4) is 11.8 Å². The lowest BCUT2D eigenvalue weighted by Gasteiger charge is -2.14. The van der Waals surface area contributed by atoms with Crippen LogP contribution in [0.25, 0.3) is 10.9 Å². The molecule has 1 aromatic heterocycles. The first kappa shape index (κ1) is 15.7. The Balaban J connectivity index is 1.93. The minimum Gasteiger partial charge on any atom is -0.434 e. The van der Waals surface area contributed by atoms with E-state index in [0.29, 0.717) is 16.8 Å². The summed E-state index contributed by atoms with van der Waals surface area (Å²) in [6.07, 6.45) is 1.49. The van der Waals surface area contributed by atoms with Gasteiger partial charge < -0.3 is 10.1 Å². The summed E-state index contributed by atoms with van der Waals surface area (Å²) in [6.45, 7) is -2.64. The van der Waals surface area contributed by atoms with Crippen molar-refractivity contribution in [3.63, 3.8) is 0 Å². The summed E-state index contributed by atoms with van der Waals surface area (Å²) in [6, 6.07) is 16.1. The topological polar surface area (TPSA) is 57.9 Å². The number of nitrogens with zero attached hydrogens (tertiary/aromatic N) is 2. The van der Waals surface area contributed by atoms with Gasteiger partial charge in [0.2, 0.25) is 0 Å². The van der Waals surface area contributed by atoms with E-state index in [4.69, 9.17) is 0 Å². The molecule has 0 aliphatic carbocycles. The molecule has 1 N–H and O–H groups in total. The van der Waals surface area contributed by atoms with Gasteiger partial charge in [-0.2, -0.15) is 14.0 Å². The van der Waals surface area contributed by atoms with Gasteiger partial charge in [-0.15, -0.1) is 0 Å². The molecule has 0 bridgehead atoms. The van der Waals surface area contributed by atoms with Gasteiger partial charge in [0.05, 0.1) is 16.8 Å². The predicted octanol–water partition coefficient (Wildman–Crippen LogP) is 4.32. The van der Waals surface area contributed by atoms with E-state index in [1.54, 1.807) is 18.2 Å². The van der Waals surface area contributed by atoms with Crippen molar-refractivity contribution in [2.45, 2.75) is 13.2 Å². The van der Waals surface area contributed by atoms with Gasteiger partial charge in [-0.3, -0.25) is 4.98 Å². The molecule has 0 spiro atoms. The van der Waals surface area contributed by atoms with Crippen LogP contribution in [0.5, 0.6) is 5.75 Å². The van der Waals surface area contributed by atoms with E-state index in [-0.39, 0.29) is 12.3 Å². The molecule has 24 heavy (non-hydrogen) atoms. The highest BCUT2D eigenvalue weighted by Crippen LogP contribution is 2.27. The van der Waals surface area contributed by atoms with Crippen LogP contribution in [0.2, 0.25) is 0 Å². The Hall–Kier alpha value is -3.20. The number of para-hydroxylation sites is 2. The normalized spacial score (nSPS) is 10.6. The molecule has 0 saturated heterocycles. The lowest BCUT2D eigenvalue weighted by molar-refractivity contribution is -0.0504. The zero-order chi connectivity index (χ0) is 16.9. The number of alkyl halides is 2. The van der Waals surface area contributed by atoms with Crippen LogP contribution in [-0.4, -0.2) is 11.6 Å². The van der Waals surface area contributed by atoms with E-state index in [0.717, 1.165) is 10.9 Å². The first-order valence-corrected chi connectivity index (χ1v) is 7.23. The average Bonchev–Trinajstić information content (AvgIpc) is 2.60. The van der Waals surface area contributed by atoms with E-state index in [1.165, 1.54) is 12.3 Å². The monoisotopic (exact) mass is 325 g/mol. The number of rotatable bonds is 5. The number of fused-ring (bicyclic) bond motifs is 1. The first-order chi connectivity index (χ1) is 11.7. The molecule has 0 aliphatic heterocycles. The summed E-state index contributed by atoms with van der Waals surface area (Å²) in [5, 5.41) is 13.2. The maximum atomic E-state index is 12.5. The van der Waals surface area contributed by atoms with Gasteiger partial charge >= 0.3 is 6.61 Å². The molecule has 0 radical (unpaired) electrons. The van der Waals surface area contributed by atoms with Crippen LogP contribution in [0.15, 0.2) is 54.7 Å². The summed E-state index contributed by atoms with van der Waals surface area (Å²) in [4.78, 5) is 4.24. The van der Waals surface area contributed by atoms with E-state index in [9.17, 15) is 14.0 Å². The Kier molecular flexibility index (Phi) is 4.52. The lowest BCUT2D eigenvalue weighted by atomic mass is 10.1. The van der Waals surface area contributed by atoms with Crippen molar-refractivity contribution in [2.75, 3.05) is 5.32 Å². The van der Waals surface area contributed by atoms with Gasteiger partial charge in [0.25, 0.3) is 0 Å². The van der Waals surface area contributed by atoms with Gasteiger partial charge in [0.15, 0.2) is 0 Å². The van der Waals surface area contributed by atoms with E-state index < -0.39 is 6.61 Å². The quantitative estimate of drug-likeness (QED) is 0.759. The number of benzene rings is 2. The standard InChI is InChI=1S/C18H13F2N3O/c19-18(20)24-16-8-4-1-5-12(16)10-23-17-13(9-21)11-22-15-7-3-2-6-14(15)17/h1-8,11,18H,10H2,(H,22,23). The second-order valence-electron chi connectivity index (χ2n) is 5.02. The third-order valence-electron chi connectivity index (χ3n) is 3.54. The number of nitrogens with one attached hydrogen (secondary N) is 1. The maximum Gasteiger partial charge on any atom is 0.387 e. The van der Waals surface area contributed by atoms with Gasteiger partial charge in [-0.1, -0.05) is 36.4 Å². The molecular formula is C18H13F2N3O.